The molecule has 0 spiro atoms. The largest absolute Gasteiger partial charge is 0.497 e. The minimum Gasteiger partial charge on any atom is -0.497 e. The van der Waals surface area contributed by atoms with Gasteiger partial charge >= 0.3 is 0 Å². The smallest absolute Gasteiger partial charge is 0.118 e. The fraction of sp³-hybridized carbons (Fsp3) is 0.200. The number of aliphatic hydroxyl groups is 1. The molecule has 1 atom stereocenters. The summed E-state index contributed by atoms with van der Waals surface area (Å²) in [5.41, 5.74) is 0.957. The van der Waals surface area contributed by atoms with Crippen LogP contribution in [0.4, 0.5) is 0 Å². The Kier molecular flexibility index (Phi) is 4.67. The van der Waals surface area contributed by atoms with Gasteiger partial charge in [0.1, 0.15) is 5.75 Å². The third kappa shape index (κ3) is 3.52. The molecule has 2 rings (SSSR count). The number of ether oxygens (including phenoxy) is 1. The van der Waals surface area contributed by atoms with Gasteiger partial charge in [-0.2, -0.15) is 0 Å². The van der Waals surface area contributed by atoms with Gasteiger partial charge in [-0.3, -0.25) is 0 Å². The average Bonchev–Trinajstić information content (AvgIpc) is 2.46. The number of hydrogen-bond donors (Lipinski definition) is 1. The lowest BCUT2D eigenvalue weighted by Crippen LogP contribution is -1.99. The zero-order chi connectivity index (χ0) is 12.8. The second-order valence-electron chi connectivity index (χ2n) is 3.91. The summed E-state index contributed by atoms with van der Waals surface area (Å²) < 4.78 is 5.11. The van der Waals surface area contributed by atoms with Gasteiger partial charge in [0, 0.05) is 10.6 Å². The minimum atomic E-state index is -0.432. The van der Waals surface area contributed by atoms with Crippen LogP contribution >= 0.6 is 11.8 Å². The van der Waals surface area contributed by atoms with E-state index in [1.807, 2.05) is 54.6 Å². The first-order chi connectivity index (χ1) is 8.79. The number of thioether (sulfide) groups is 1. The van der Waals surface area contributed by atoms with Crippen LogP contribution in [0, 0.1) is 0 Å². The van der Waals surface area contributed by atoms with Crippen molar-refractivity contribution in [2.75, 3.05) is 12.9 Å². The fourth-order valence-electron chi connectivity index (χ4n) is 1.62. The van der Waals surface area contributed by atoms with Crippen LogP contribution in [-0.2, 0) is 0 Å². The van der Waals surface area contributed by atoms with E-state index >= 15 is 0 Å². The molecule has 0 unspecified atom stereocenters. The molecule has 3 heteroatoms. The lowest BCUT2D eigenvalue weighted by molar-refractivity contribution is 0.204. The number of rotatable bonds is 5. The number of hydrogen-bond acceptors (Lipinski definition) is 3. The van der Waals surface area contributed by atoms with Crippen molar-refractivity contribution < 1.29 is 9.84 Å². The van der Waals surface area contributed by atoms with Crippen molar-refractivity contribution in [3.05, 3.63) is 60.2 Å². The summed E-state index contributed by atoms with van der Waals surface area (Å²) in [6.07, 6.45) is -0.432. The predicted molar refractivity (Wildman–Crippen MR) is 75.1 cm³/mol. The van der Waals surface area contributed by atoms with Crippen molar-refractivity contribution in [2.24, 2.45) is 0 Å². The van der Waals surface area contributed by atoms with E-state index in [2.05, 4.69) is 0 Å². The summed E-state index contributed by atoms with van der Waals surface area (Å²) in [7, 11) is 1.65. The average molecular weight is 260 g/mol. The Labute approximate surface area is 112 Å². The predicted octanol–water partition coefficient (Wildman–Crippen LogP) is 3.52. The fourth-order valence-corrected chi connectivity index (χ4v) is 2.49. The van der Waals surface area contributed by atoms with Crippen molar-refractivity contribution >= 4 is 11.8 Å². The monoisotopic (exact) mass is 260 g/mol. The molecule has 0 amide bonds. The molecule has 0 saturated heterocycles. The van der Waals surface area contributed by atoms with Gasteiger partial charge in [-0.05, 0) is 29.8 Å². The van der Waals surface area contributed by atoms with Crippen molar-refractivity contribution in [1.82, 2.24) is 0 Å². The maximum Gasteiger partial charge on any atom is 0.118 e. The highest BCUT2D eigenvalue weighted by atomic mass is 32.2. The Balaban J connectivity index is 1.91. The molecular formula is C15H16O2S. The highest BCUT2D eigenvalue weighted by molar-refractivity contribution is 7.99. The Bertz CT molecular complexity index is 468. The second-order valence-corrected chi connectivity index (χ2v) is 5.01. The van der Waals surface area contributed by atoms with E-state index in [0.717, 1.165) is 16.2 Å². The van der Waals surface area contributed by atoms with Crippen LogP contribution < -0.4 is 4.74 Å². The molecular weight excluding hydrogens is 244 g/mol. The molecule has 2 aromatic rings. The Hall–Kier alpha value is -1.45. The summed E-state index contributed by atoms with van der Waals surface area (Å²) in [5, 5.41) is 10.0. The summed E-state index contributed by atoms with van der Waals surface area (Å²) in [6, 6.07) is 17.6. The summed E-state index contributed by atoms with van der Waals surface area (Å²) in [5.74, 6) is 1.50. The lowest BCUT2D eigenvalue weighted by Gasteiger charge is -2.10. The second kappa shape index (κ2) is 6.47. The van der Waals surface area contributed by atoms with Gasteiger partial charge < -0.3 is 9.84 Å². The standard InChI is InChI=1S/C15H16O2S/c1-17-13-7-9-14(10-8-13)18-11-15(16)12-5-3-2-4-6-12/h2-10,15-16H,11H2,1H3/t15-/m0/s1. The summed E-state index contributed by atoms with van der Waals surface area (Å²) in [6.45, 7) is 0. The molecule has 0 bridgehead atoms. The van der Waals surface area contributed by atoms with Crippen molar-refractivity contribution in [1.29, 1.82) is 0 Å². The Morgan fingerprint density at radius 3 is 2.33 bits per heavy atom. The van der Waals surface area contributed by atoms with Gasteiger partial charge in [0.05, 0.1) is 13.2 Å². The Morgan fingerprint density at radius 1 is 1.06 bits per heavy atom. The first kappa shape index (κ1) is 13.0. The van der Waals surface area contributed by atoms with Crippen LogP contribution in [-0.4, -0.2) is 18.0 Å². The highest BCUT2D eigenvalue weighted by Gasteiger charge is 2.07. The van der Waals surface area contributed by atoms with Crippen LogP contribution in [0.1, 0.15) is 11.7 Å². The molecule has 0 aliphatic rings. The van der Waals surface area contributed by atoms with Gasteiger partial charge in [0.2, 0.25) is 0 Å². The van der Waals surface area contributed by atoms with Gasteiger partial charge in [-0.25, -0.2) is 0 Å². The van der Waals surface area contributed by atoms with Gasteiger partial charge in [0.25, 0.3) is 0 Å². The Morgan fingerprint density at radius 2 is 1.72 bits per heavy atom. The van der Waals surface area contributed by atoms with Gasteiger partial charge in [0.15, 0.2) is 0 Å². The third-order valence-corrected chi connectivity index (χ3v) is 3.74. The zero-order valence-electron chi connectivity index (χ0n) is 10.2. The number of benzene rings is 2. The van der Waals surface area contributed by atoms with Gasteiger partial charge in [-0.1, -0.05) is 30.3 Å². The highest BCUT2D eigenvalue weighted by Crippen LogP contribution is 2.26. The molecule has 18 heavy (non-hydrogen) atoms. The van der Waals surface area contributed by atoms with Crippen LogP contribution in [0.15, 0.2) is 59.5 Å². The number of methoxy groups -OCH3 is 1. The molecule has 0 fully saturated rings. The van der Waals surface area contributed by atoms with Crippen LogP contribution in [0.25, 0.3) is 0 Å². The van der Waals surface area contributed by atoms with E-state index in [4.69, 9.17) is 4.74 Å². The quantitative estimate of drug-likeness (QED) is 0.834. The van der Waals surface area contributed by atoms with Crippen LogP contribution in [0.2, 0.25) is 0 Å². The van der Waals surface area contributed by atoms with Crippen molar-refractivity contribution in [2.45, 2.75) is 11.0 Å². The molecule has 2 nitrogen and oxygen atoms in total. The minimum absolute atomic E-state index is 0.432. The normalized spacial score (nSPS) is 12.1. The number of aliphatic hydroxyl groups excluding tert-OH is 1. The van der Waals surface area contributed by atoms with Gasteiger partial charge in [-0.15, -0.1) is 11.8 Å². The van der Waals surface area contributed by atoms with E-state index in [9.17, 15) is 5.11 Å². The van der Waals surface area contributed by atoms with E-state index in [1.54, 1.807) is 18.9 Å². The maximum absolute atomic E-state index is 10.0. The molecule has 1 N–H and O–H groups in total. The van der Waals surface area contributed by atoms with Crippen molar-refractivity contribution in [3.63, 3.8) is 0 Å². The van der Waals surface area contributed by atoms with Crippen molar-refractivity contribution in [3.8, 4) is 5.75 Å². The molecule has 0 saturated carbocycles. The molecule has 0 aliphatic heterocycles. The zero-order valence-corrected chi connectivity index (χ0v) is 11.1. The van der Waals surface area contributed by atoms with Crippen LogP contribution in [0.5, 0.6) is 5.75 Å². The molecule has 0 heterocycles. The summed E-state index contributed by atoms with van der Waals surface area (Å²) >= 11 is 1.64. The SMILES string of the molecule is COc1ccc(SC[C@H](O)c2ccccc2)cc1. The van der Waals surface area contributed by atoms with E-state index < -0.39 is 6.10 Å². The first-order valence-corrected chi connectivity index (χ1v) is 6.78. The lowest BCUT2D eigenvalue weighted by atomic mass is 10.1. The van der Waals surface area contributed by atoms with E-state index in [0.29, 0.717) is 5.75 Å². The maximum atomic E-state index is 10.0. The third-order valence-electron chi connectivity index (χ3n) is 2.65. The molecule has 0 aliphatic carbocycles. The molecule has 0 radical (unpaired) electrons. The molecule has 0 aromatic heterocycles. The summed E-state index contributed by atoms with van der Waals surface area (Å²) in [4.78, 5) is 1.13. The first-order valence-electron chi connectivity index (χ1n) is 5.79. The van der Waals surface area contributed by atoms with E-state index in [-0.39, 0.29) is 0 Å². The van der Waals surface area contributed by atoms with Crippen LogP contribution in [0.3, 0.4) is 0 Å². The molecule has 94 valence electrons. The van der Waals surface area contributed by atoms with E-state index in [1.165, 1.54) is 0 Å². The topological polar surface area (TPSA) is 29.5 Å². The molecule has 2 aromatic carbocycles.